The third kappa shape index (κ3) is 2.98. The Kier molecular flexibility index (Phi) is 3.94. The topological polar surface area (TPSA) is 49.8 Å². The van der Waals surface area contributed by atoms with E-state index < -0.39 is 11.6 Å². The number of nitrogens with zero attached hydrogens (tertiary/aromatic N) is 2. The van der Waals surface area contributed by atoms with Crippen molar-refractivity contribution in [1.82, 2.24) is 9.97 Å². The molecular formula is C12H11BrF2N4. The molecule has 1 aromatic heterocycles. The van der Waals surface area contributed by atoms with Gasteiger partial charge in [-0.05, 0) is 28.9 Å². The molecule has 0 aliphatic rings. The Morgan fingerprint density at radius 1 is 1.21 bits per heavy atom. The minimum absolute atomic E-state index is 0.136. The number of nitrogens with one attached hydrogen (secondary N) is 2. The van der Waals surface area contributed by atoms with E-state index in [4.69, 9.17) is 0 Å². The summed E-state index contributed by atoms with van der Waals surface area (Å²) in [5.41, 5.74) is 0.885. The maximum absolute atomic E-state index is 13.6. The first kappa shape index (κ1) is 13.7. The van der Waals surface area contributed by atoms with Crippen molar-refractivity contribution in [1.29, 1.82) is 0 Å². The van der Waals surface area contributed by atoms with E-state index in [0.29, 0.717) is 11.8 Å². The van der Waals surface area contributed by atoms with E-state index in [2.05, 4.69) is 36.5 Å². The minimum Gasteiger partial charge on any atom is -0.357 e. The Balaban J connectivity index is 2.38. The van der Waals surface area contributed by atoms with Gasteiger partial charge in [-0.2, -0.15) is 4.98 Å². The summed E-state index contributed by atoms with van der Waals surface area (Å²) in [7, 11) is 1.68. The highest BCUT2D eigenvalue weighted by molar-refractivity contribution is 9.10. The van der Waals surface area contributed by atoms with Gasteiger partial charge in [0.2, 0.25) is 5.95 Å². The first-order valence-electron chi connectivity index (χ1n) is 5.44. The molecule has 4 nitrogen and oxygen atoms in total. The van der Waals surface area contributed by atoms with Gasteiger partial charge in [0.25, 0.3) is 0 Å². The fourth-order valence-corrected chi connectivity index (χ4v) is 1.78. The molecule has 2 aromatic rings. The number of aromatic nitrogens is 2. The maximum atomic E-state index is 13.6. The minimum atomic E-state index is -0.690. The number of anilines is 3. The molecule has 1 heterocycles. The van der Waals surface area contributed by atoms with Gasteiger partial charge in [-0.1, -0.05) is 0 Å². The van der Waals surface area contributed by atoms with Crippen molar-refractivity contribution >= 4 is 33.4 Å². The normalized spacial score (nSPS) is 10.4. The lowest BCUT2D eigenvalue weighted by Crippen LogP contribution is -2.03. The second-order valence-corrected chi connectivity index (χ2v) is 4.70. The first-order chi connectivity index (χ1) is 9.01. The lowest BCUT2D eigenvalue weighted by molar-refractivity contribution is 0.581. The molecule has 0 radical (unpaired) electrons. The van der Waals surface area contributed by atoms with Gasteiger partial charge in [0.05, 0.1) is 10.2 Å². The van der Waals surface area contributed by atoms with Crippen LogP contribution in [0.25, 0.3) is 0 Å². The zero-order valence-electron chi connectivity index (χ0n) is 10.3. The summed E-state index contributed by atoms with van der Waals surface area (Å²) in [6, 6.07) is 2.13. The van der Waals surface area contributed by atoms with Crippen LogP contribution in [0.5, 0.6) is 0 Å². The van der Waals surface area contributed by atoms with Crippen LogP contribution in [0, 0.1) is 18.6 Å². The van der Waals surface area contributed by atoms with Gasteiger partial charge in [-0.15, -0.1) is 0 Å². The molecule has 0 saturated heterocycles. The van der Waals surface area contributed by atoms with Crippen molar-refractivity contribution in [3.63, 3.8) is 0 Å². The molecule has 0 bridgehead atoms. The molecular weight excluding hydrogens is 318 g/mol. The molecule has 0 aliphatic heterocycles. The van der Waals surface area contributed by atoms with Gasteiger partial charge in [-0.3, -0.25) is 0 Å². The fourth-order valence-electron chi connectivity index (χ4n) is 1.43. The van der Waals surface area contributed by atoms with Crippen molar-refractivity contribution in [2.75, 3.05) is 17.7 Å². The van der Waals surface area contributed by atoms with Crippen molar-refractivity contribution in [3.05, 3.63) is 40.0 Å². The van der Waals surface area contributed by atoms with Crippen LogP contribution in [0.2, 0.25) is 0 Å². The summed E-state index contributed by atoms with van der Waals surface area (Å²) in [6.07, 6.45) is 1.61. The summed E-state index contributed by atoms with van der Waals surface area (Å²) in [4.78, 5) is 8.20. The number of rotatable bonds is 3. The molecule has 1 aromatic carbocycles. The SMILES string of the molecule is CNc1ncc(C)c(Nc2cc(Br)c(F)cc2F)n1. The standard InChI is InChI=1S/C12H11BrF2N4/c1-6-5-17-12(16-2)19-11(6)18-10-3-7(13)8(14)4-9(10)15/h3-5H,1-2H3,(H2,16,17,18,19). The highest BCUT2D eigenvalue weighted by atomic mass is 79.9. The largest absolute Gasteiger partial charge is 0.357 e. The molecule has 0 amide bonds. The van der Waals surface area contributed by atoms with Crippen LogP contribution in [0.3, 0.4) is 0 Å². The summed E-state index contributed by atoms with van der Waals surface area (Å²) in [5, 5.41) is 5.61. The second-order valence-electron chi connectivity index (χ2n) is 3.85. The Labute approximate surface area is 117 Å². The van der Waals surface area contributed by atoms with Crippen molar-refractivity contribution < 1.29 is 8.78 Å². The molecule has 19 heavy (non-hydrogen) atoms. The summed E-state index contributed by atoms with van der Waals surface area (Å²) in [6.45, 7) is 1.79. The quantitative estimate of drug-likeness (QED) is 0.845. The van der Waals surface area contributed by atoms with Crippen molar-refractivity contribution in [2.45, 2.75) is 6.92 Å². The number of halogens is 3. The Bertz CT molecular complexity index is 619. The van der Waals surface area contributed by atoms with Crippen LogP contribution in [-0.4, -0.2) is 17.0 Å². The van der Waals surface area contributed by atoms with Gasteiger partial charge < -0.3 is 10.6 Å². The average Bonchev–Trinajstić information content (AvgIpc) is 2.38. The van der Waals surface area contributed by atoms with E-state index in [1.807, 2.05) is 0 Å². The molecule has 0 saturated carbocycles. The highest BCUT2D eigenvalue weighted by Gasteiger charge is 2.10. The molecule has 7 heteroatoms. The van der Waals surface area contributed by atoms with Crippen molar-refractivity contribution in [3.8, 4) is 0 Å². The smallest absolute Gasteiger partial charge is 0.224 e. The molecule has 0 fully saturated rings. The third-order valence-electron chi connectivity index (χ3n) is 2.46. The van der Waals surface area contributed by atoms with E-state index in [-0.39, 0.29) is 10.2 Å². The molecule has 0 aliphatic carbocycles. The van der Waals surface area contributed by atoms with E-state index in [1.165, 1.54) is 6.07 Å². The molecule has 0 atom stereocenters. The molecule has 0 spiro atoms. The van der Waals surface area contributed by atoms with Crippen LogP contribution in [0.4, 0.5) is 26.2 Å². The average molecular weight is 329 g/mol. The molecule has 2 N–H and O–H groups in total. The summed E-state index contributed by atoms with van der Waals surface area (Å²) < 4.78 is 27.0. The lowest BCUT2D eigenvalue weighted by Gasteiger charge is -2.11. The number of hydrogen-bond donors (Lipinski definition) is 2. The van der Waals surface area contributed by atoms with E-state index in [0.717, 1.165) is 11.6 Å². The van der Waals surface area contributed by atoms with Crippen molar-refractivity contribution in [2.24, 2.45) is 0 Å². The predicted molar refractivity (Wildman–Crippen MR) is 73.7 cm³/mol. The van der Waals surface area contributed by atoms with Crippen LogP contribution in [0.15, 0.2) is 22.8 Å². The monoisotopic (exact) mass is 328 g/mol. The second kappa shape index (κ2) is 5.48. The van der Waals surface area contributed by atoms with Gasteiger partial charge in [-0.25, -0.2) is 13.8 Å². The van der Waals surface area contributed by atoms with Crippen LogP contribution in [0.1, 0.15) is 5.56 Å². The zero-order chi connectivity index (χ0) is 14.0. The first-order valence-corrected chi connectivity index (χ1v) is 6.23. The molecule has 2 rings (SSSR count). The van der Waals surface area contributed by atoms with E-state index in [1.54, 1.807) is 20.2 Å². The van der Waals surface area contributed by atoms with Crippen LogP contribution in [-0.2, 0) is 0 Å². The van der Waals surface area contributed by atoms with Gasteiger partial charge in [0.1, 0.15) is 17.5 Å². The zero-order valence-corrected chi connectivity index (χ0v) is 11.8. The van der Waals surface area contributed by atoms with Crippen LogP contribution < -0.4 is 10.6 Å². The Hall–Kier alpha value is -1.76. The third-order valence-corrected chi connectivity index (χ3v) is 3.07. The fraction of sp³-hybridized carbons (Fsp3) is 0.167. The summed E-state index contributed by atoms with van der Waals surface area (Å²) >= 11 is 3.01. The number of hydrogen-bond acceptors (Lipinski definition) is 4. The van der Waals surface area contributed by atoms with Gasteiger partial charge in [0.15, 0.2) is 0 Å². The Morgan fingerprint density at radius 2 is 1.95 bits per heavy atom. The highest BCUT2D eigenvalue weighted by Crippen LogP contribution is 2.27. The van der Waals surface area contributed by atoms with Gasteiger partial charge >= 0.3 is 0 Å². The van der Waals surface area contributed by atoms with E-state index in [9.17, 15) is 8.78 Å². The van der Waals surface area contributed by atoms with Crippen LogP contribution >= 0.6 is 15.9 Å². The number of benzene rings is 1. The van der Waals surface area contributed by atoms with Gasteiger partial charge in [0, 0.05) is 24.9 Å². The maximum Gasteiger partial charge on any atom is 0.224 e. The Morgan fingerprint density at radius 3 is 2.63 bits per heavy atom. The summed E-state index contributed by atoms with van der Waals surface area (Å²) in [5.74, 6) is -0.477. The molecule has 0 unspecified atom stereocenters. The molecule has 100 valence electrons. The predicted octanol–water partition coefficient (Wildman–Crippen LogP) is 3.61. The van der Waals surface area contributed by atoms with E-state index >= 15 is 0 Å². The number of aryl methyl sites for hydroxylation is 1. The lowest BCUT2D eigenvalue weighted by atomic mass is 10.2.